The lowest BCUT2D eigenvalue weighted by atomic mass is 9.75. The third-order valence-corrected chi connectivity index (χ3v) is 4.36. The highest BCUT2D eigenvalue weighted by molar-refractivity contribution is 6.00. The van der Waals surface area contributed by atoms with E-state index < -0.39 is 0 Å². The first-order chi connectivity index (χ1) is 9.48. The molecule has 1 amide bonds. The van der Waals surface area contributed by atoms with Crippen LogP contribution in [-0.4, -0.2) is 44.0 Å². The van der Waals surface area contributed by atoms with E-state index in [0.717, 1.165) is 12.2 Å². The maximum atomic E-state index is 11.9. The molecule has 0 aliphatic heterocycles. The number of nitrogens with one attached hydrogen (secondary N) is 2. The fourth-order valence-electron chi connectivity index (χ4n) is 2.67. The second-order valence-corrected chi connectivity index (χ2v) is 5.71. The summed E-state index contributed by atoms with van der Waals surface area (Å²) in [5, 5.41) is 6.07. The Bertz CT molecular complexity index is 495. The van der Waals surface area contributed by atoms with Crippen molar-refractivity contribution in [3.8, 4) is 0 Å². The molecule has 1 aromatic rings. The van der Waals surface area contributed by atoms with Crippen LogP contribution in [0.15, 0.2) is 18.2 Å². The van der Waals surface area contributed by atoms with Gasteiger partial charge in [-0.05, 0) is 51.6 Å². The van der Waals surface area contributed by atoms with Gasteiger partial charge in [-0.1, -0.05) is 0 Å². The molecule has 1 saturated carbocycles. The lowest BCUT2D eigenvalue weighted by molar-refractivity contribution is 0.0738. The molecule has 2 rings (SSSR count). The minimum atomic E-state index is -0.0972. The molecular weight excluding hydrogens is 252 g/mol. The van der Waals surface area contributed by atoms with Crippen molar-refractivity contribution < 1.29 is 4.79 Å². The van der Waals surface area contributed by atoms with Crippen molar-refractivity contribution in [3.63, 3.8) is 0 Å². The van der Waals surface area contributed by atoms with Crippen molar-refractivity contribution >= 4 is 17.3 Å². The van der Waals surface area contributed by atoms with Gasteiger partial charge in [-0.15, -0.1) is 0 Å². The number of nitrogens with zero attached hydrogens (tertiary/aromatic N) is 1. The van der Waals surface area contributed by atoms with E-state index >= 15 is 0 Å². The van der Waals surface area contributed by atoms with Gasteiger partial charge in [-0.25, -0.2) is 0 Å². The average molecular weight is 276 g/mol. The molecule has 4 N–H and O–H groups in total. The molecule has 0 bridgehead atoms. The number of nitrogens with two attached hydrogens (primary N) is 1. The van der Waals surface area contributed by atoms with Crippen molar-refractivity contribution in [2.45, 2.75) is 24.8 Å². The third-order valence-electron chi connectivity index (χ3n) is 4.36. The maximum absolute atomic E-state index is 11.9. The molecule has 1 fully saturated rings. The summed E-state index contributed by atoms with van der Waals surface area (Å²) in [5.74, 6) is -0.0972. The van der Waals surface area contributed by atoms with Crippen molar-refractivity contribution in [2.24, 2.45) is 0 Å². The maximum Gasteiger partial charge on any atom is 0.253 e. The summed E-state index contributed by atoms with van der Waals surface area (Å²) in [6, 6.07) is 5.34. The Labute approximate surface area is 120 Å². The molecule has 0 radical (unpaired) electrons. The van der Waals surface area contributed by atoms with Crippen LogP contribution in [0.3, 0.4) is 0 Å². The van der Waals surface area contributed by atoms with E-state index in [4.69, 9.17) is 5.73 Å². The van der Waals surface area contributed by atoms with Crippen LogP contribution in [-0.2, 0) is 0 Å². The molecule has 1 aliphatic carbocycles. The van der Waals surface area contributed by atoms with Crippen molar-refractivity contribution in [1.29, 1.82) is 0 Å². The highest BCUT2D eigenvalue weighted by atomic mass is 16.1. The zero-order chi connectivity index (χ0) is 14.8. The van der Waals surface area contributed by atoms with Gasteiger partial charge in [0.25, 0.3) is 5.91 Å². The third kappa shape index (κ3) is 2.72. The van der Waals surface area contributed by atoms with E-state index in [1.165, 1.54) is 19.3 Å². The Hall–Kier alpha value is -1.75. The van der Waals surface area contributed by atoms with Gasteiger partial charge in [0.05, 0.1) is 5.56 Å². The van der Waals surface area contributed by atoms with E-state index in [-0.39, 0.29) is 11.4 Å². The largest absolute Gasteiger partial charge is 0.399 e. The Kier molecular flexibility index (Phi) is 4.18. The molecule has 1 aliphatic rings. The monoisotopic (exact) mass is 276 g/mol. The first-order valence-electron chi connectivity index (χ1n) is 7.01. The summed E-state index contributed by atoms with van der Waals surface area (Å²) in [7, 11) is 5.86. The first-order valence-corrected chi connectivity index (χ1v) is 7.01. The summed E-state index contributed by atoms with van der Waals surface area (Å²) in [6.07, 6.45) is 3.63. The summed E-state index contributed by atoms with van der Waals surface area (Å²) in [5.41, 5.74) is 8.13. The molecule has 0 heterocycles. The predicted octanol–water partition coefficient (Wildman–Crippen LogP) is 1.52. The van der Waals surface area contributed by atoms with Gasteiger partial charge in [0.1, 0.15) is 0 Å². The van der Waals surface area contributed by atoms with Crippen LogP contribution in [0.2, 0.25) is 0 Å². The molecule has 0 saturated heterocycles. The Morgan fingerprint density at radius 2 is 2.10 bits per heavy atom. The Balaban J connectivity index is 2.16. The minimum absolute atomic E-state index is 0.0972. The van der Waals surface area contributed by atoms with Crippen LogP contribution in [0.1, 0.15) is 29.6 Å². The van der Waals surface area contributed by atoms with Crippen LogP contribution < -0.4 is 16.4 Å². The summed E-state index contributed by atoms with van der Waals surface area (Å²) >= 11 is 0. The fraction of sp³-hybridized carbons (Fsp3) is 0.533. The van der Waals surface area contributed by atoms with Crippen LogP contribution in [0.4, 0.5) is 11.4 Å². The summed E-state index contributed by atoms with van der Waals surface area (Å²) < 4.78 is 0. The van der Waals surface area contributed by atoms with Gasteiger partial charge >= 0.3 is 0 Å². The van der Waals surface area contributed by atoms with Crippen LogP contribution in [0.25, 0.3) is 0 Å². The van der Waals surface area contributed by atoms with Gasteiger partial charge in [0.2, 0.25) is 0 Å². The van der Waals surface area contributed by atoms with Crippen molar-refractivity contribution in [3.05, 3.63) is 23.8 Å². The first kappa shape index (κ1) is 14.7. The Morgan fingerprint density at radius 1 is 1.40 bits per heavy atom. The average Bonchev–Trinajstić information content (AvgIpc) is 2.36. The summed E-state index contributed by atoms with van der Waals surface area (Å²) in [4.78, 5) is 14.2. The van der Waals surface area contributed by atoms with Gasteiger partial charge in [0, 0.05) is 30.5 Å². The molecule has 20 heavy (non-hydrogen) atoms. The highest BCUT2D eigenvalue weighted by Gasteiger charge is 2.38. The molecular formula is C15H24N4O. The number of nitrogen functional groups attached to an aromatic ring is 1. The molecule has 1 aromatic carbocycles. The van der Waals surface area contributed by atoms with Gasteiger partial charge in [0.15, 0.2) is 0 Å². The number of amides is 1. The van der Waals surface area contributed by atoms with Crippen LogP contribution in [0, 0.1) is 0 Å². The zero-order valence-electron chi connectivity index (χ0n) is 12.5. The fourth-order valence-corrected chi connectivity index (χ4v) is 2.67. The molecule has 110 valence electrons. The van der Waals surface area contributed by atoms with Crippen molar-refractivity contribution in [1.82, 2.24) is 10.2 Å². The minimum Gasteiger partial charge on any atom is -0.399 e. The standard InChI is InChI=1S/C15H24N4O/c1-17-14(20)12-6-5-11(16)9-13(12)18-10-15(19(2)3)7-4-8-15/h5-6,9,18H,4,7-8,10,16H2,1-3H3,(H,17,20). The van der Waals surface area contributed by atoms with Crippen LogP contribution >= 0.6 is 0 Å². The quantitative estimate of drug-likeness (QED) is 0.713. The molecule has 5 nitrogen and oxygen atoms in total. The number of hydrogen-bond donors (Lipinski definition) is 3. The topological polar surface area (TPSA) is 70.4 Å². The van der Waals surface area contributed by atoms with Gasteiger partial charge in [-0.3, -0.25) is 4.79 Å². The van der Waals surface area contributed by atoms with Crippen molar-refractivity contribution in [2.75, 3.05) is 38.7 Å². The molecule has 0 spiro atoms. The number of rotatable bonds is 5. The lowest BCUT2D eigenvalue weighted by Gasteiger charge is -2.47. The molecule has 0 unspecified atom stereocenters. The molecule has 0 atom stereocenters. The number of carbonyl (C=O) groups excluding carboxylic acids is 1. The van der Waals surface area contributed by atoms with E-state index in [2.05, 4.69) is 29.6 Å². The lowest BCUT2D eigenvalue weighted by Crippen LogP contribution is -2.54. The normalized spacial score (nSPS) is 16.6. The number of hydrogen-bond acceptors (Lipinski definition) is 4. The number of likely N-dealkylation sites (N-methyl/N-ethyl adjacent to an activating group) is 1. The second kappa shape index (κ2) is 5.71. The van der Waals surface area contributed by atoms with E-state index in [0.29, 0.717) is 11.3 Å². The molecule has 0 aromatic heterocycles. The predicted molar refractivity (Wildman–Crippen MR) is 83.0 cm³/mol. The van der Waals surface area contributed by atoms with Crippen LogP contribution in [0.5, 0.6) is 0 Å². The van der Waals surface area contributed by atoms with Gasteiger partial charge in [-0.2, -0.15) is 0 Å². The van der Waals surface area contributed by atoms with E-state index in [9.17, 15) is 4.79 Å². The van der Waals surface area contributed by atoms with E-state index in [1.54, 1.807) is 19.2 Å². The van der Waals surface area contributed by atoms with E-state index in [1.807, 2.05) is 6.07 Å². The van der Waals surface area contributed by atoms with Gasteiger partial charge < -0.3 is 21.3 Å². The SMILES string of the molecule is CNC(=O)c1ccc(N)cc1NCC1(N(C)C)CCC1. The summed E-state index contributed by atoms with van der Waals surface area (Å²) in [6.45, 7) is 0.827. The Morgan fingerprint density at radius 3 is 2.60 bits per heavy atom. The highest BCUT2D eigenvalue weighted by Crippen LogP contribution is 2.36. The zero-order valence-corrected chi connectivity index (χ0v) is 12.5. The number of anilines is 2. The second-order valence-electron chi connectivity index (χ2n) is 5.71. The molecule has 5 heteroatoms. The number of carbonyl (C=O) groups is 1. The smallest absolute Gasteiger partial charge is 0.253 e. The number of benzene rings is 1.